The molecule has 0 bridgehead atoms. The second-order valence-electron chi connectivity index (χ2n) is 4.59. The average molecular weight is 263 g/mol. The molecule has 0 saturated carbocycles. The van der Waals surface area contributed by atoms with E-state index in [0.717, 1.165) is 17.0 Å². The molecule has 18 heavy (non-hydrogen) atoms. The van der Waals surface area contributed by atoms with Crippen LogP contribution in [0.15, 0.2) is 28.8 Å². The van der Waals surface area contributed by atoms with Crippen molar-refractivity contribution >= 4 is 10.8 Å². The predicted molar refractivity (Wildman–Crippen MR) is 72.7 cm³/mol. The van der Waals surface area contributed by atoms with Gasteiger partial charge in [-0.05, 0) is 31.9 Å². The van der Waals surface area contributed by atoms with E-state index in [1.54, 1.807) is 0 Å². The van der Waals surface area contributed by atoms with Gasteiger partial charge in [0.1, 0.15) is 5.76 Å². The first kappa shape index (κ1) is 13.0. The van der Waals surface area contributed by atoms with Gasteiger partial charge in [-0.1, -0.05) is 28.9 Å². The topological polar surface area (TPSA) is 43.1 Å². The number of aryl methyl sites for hydroxylation is 3. The smallest absolute Gasteiger partial charge is 0.133 e. The van der Waals surface area contributed by atoms with E-state index < -0.39 is 10.8 Å². The molecule has 2 rings (SSSR count). The lowest BCUT2D eigenvalue weighted by atomic mass is 10.1. The highest BCUT2D eigenvalue weighted by molar-refractivity contribution is 7.83. The summed E-state index contributed by atoms with van der Waals surface area (Å²) >= 11 is 0. The van der Waals surface area contributed by atoms with Crippen molar-refractivity contribution in [3.63, 3.8) is 0 Å². The molecule has 2 aromatic rings. The van der Waals surface area contributed by atoms with E-state index in [1.165, 1.54) is 11.1 Å². The Morgan fingerprint density at radius 1 is 1.17 bits per heavy atom. The molecule has 0 radical (unpaired) electrons. The summed E-state index contributed by atoms with van der Waals surface area (Å²) in [6.45, 7) is 5.93. The number of aromatic nitrogens is 1. The fraction of sp³-hybridized carbons (Fsp3) is 0.357. The van der Waals surface area contributed by atoms with Crippen LogP contribution in [0.5, 0.6) is 0 Å². The predicted octanol–water partition coefficient (Wildman–Crippen LogP) is 3.05. The molecule has 96 valence electrons. The van der Waals surface area contributed by atoms with Crippen molar-refractivity contribution in [2.45, 2.75) is 32.3 Å². The normalized spacial score (nSPS) is 12.6. The summed E-state index contributed by atoms with van der Waals surface area (Å²) in [5.41, 5.74) is 4.29. The number of hydrogen-bond acceptors (Lipinski definition) is 3. The molecule has 3 nitrogen and oxygen atoms in total. The molecule has 4 heteroatoms. The molecule has 1 aromatic carbocycles. The van der Waals surface area contributed by atoms with Crippen LogP contribution < -0.4 is 0 Å². The summed E-state index contributed by atoms with van der Waals surface area (Å²) in [4.78, 5) is 0. The Hall–Kier alpha value is -1.42. The molecule has 0 unspecified atom stereocenters. The second-order valence-corrected chi connectivity index (χ2v) is 6.04. The average Bonchev–Trinajstić information content (AvgIpc) is 2.69. The zero-order valence-electron chi connectivity index (χ0n) is 10.9. The Labute approximate surface area is 110 Å². The third-order valence-corrected chi connectivity index (χ3v) is 4.06. The van der Waals surface area contributed by atoms with E-state index in [1.807, 2.05) is 26.8 Å². The van der Waals surface area contributed by atoms with Crippen molar-refractivity contribution in [3.05, 3.63) is 52.4 Å². The lowest BCUT2D eigenvalue weighted by molar-refractivity contribution is 0.392. The third kappa shape index (κ3) is 3.29. The van der Waals surface area contributed by atoms with Crippen molar-refractivity contribution in [1.29, 1.82) is 0 Å². The lowest BCUT2D eigenvalue weighted by Crippen LogP contribution is -2.01. The van der Waals surface area contributed by atoms with Crippen LogP contribution in [0.3, 0.4) is 0 Å². The minimum atomic E-state index is -0.950. The van der Waals surface area contributed by atoms with Gasteiger partial charge in [0.15, 0.2) is 0 Å². The van der Waals surface area contributed by atoms with Crippen LogP contribution in [0.4, 0.5) is 0 Å². The van der Waals surface area contributed by atoms with Gasteiger partial charge in [-0.2, -0.15) is 0 Å². The number of rotatable bonds is 4. The first-order chi connectivity index (χ1) is 8.54. The van der Waals surface area contributed by atoms with E-state index >= 15 is 0 Å². The van der Waals surface area contributed by atoms with Crippen LogP contribution in [0, 0.1) is 20.8 Å². The standard InChI is InChI=1S/C14H17NO2S/c1-10-4-5-11(2)13(6-10)8-18(16)9-14-7-12(3)17-15-14/h4-7H,8-9H2,1-3H3/t18-/m1/s1. The summed E-state index contributed by atoms with van der Waals surface area (Å²) in [7, 11) is -0.950. The van der Waals surface area contributed by atoms with Crippen molar-refractivity contribution in [3.8, 4) is 0 Å². The molecule has 1 heterocycles. The van der Waals surface area contributed by atoms with Gasteiger partial charge >= 0.3 is 0 Å². The number of hydrogen-bond donors (Lipinski definition) is 0. The Morgan fingerprint density at radius 2 is 1.94 bits per heavy atom. The molecule has 0 fully saturated rings. The SMILES string of the molecule is Cc1ccc(C)c(C[S@@](=O)Cc2cc(C)on2)c1. The van der Waals surface area contributed by atoms with E-state index in [9.17, 15) is 4.21 Å². The van der Waals surface area contributed by atoms with Gasteiger partial charge in [-0.15, -0.1) is 0 Å². The highest BCUT2D eigenvalue weighted by Crippen LogP contribution is 2.15. The summed E-state index contributed by atoms with van der Waals surface area (Å²) < 4.78 is 17.1. The molecular formula is C14H17NO2S. The molecule has 0 N–H and O–H groups in total. The van der Waals surface area contributed by atoms with Crippen LogP contribution in [-0.4, -0.2) is 9.37 Å². The van der Waals surface area contributed by atoms with Crippen LogP contribution in [-0.2, 0) is 22.3 Å². The zero-order valence-corrected chi connectivity index (χ0v) is 11.7. The van der Waals surface area contributed by atoms with Gasteiger partial charge < -0.3 is 4.52 Å². The van der Waals surface area contributed by atoms with E-state index in [-0.39, 0.29) is 0 Å². The highest BCUT2D eigenvalue weighted by atomic mass is 32.2. The van der Waals surface area contributed by atoms with Gasteiger partial charge in [-0.25, -0.2) is 0 Å². The molecule has 0 aliphatic heterocycles. The van der Waals surface area contributed by atoms with Crippen molar-refractivity contribution in [2.75, 3.05) is 0 Å². The molecule has 0 saturated heterocycles. The van der Waals surface area contributed by atoms with Crippen LogP contribution >= 0.6 is 0 Å². The minimum absolute atomic E-state index is 0.449. The maximum atomic E-state index is 12.1. The molecule has 0 spiro atoms. The summed E-state index contributed by atoms with van der Waals surface area (Å²) in [5.74, 6) is 1.78. The second kappa shape index (κ2) is 5.48. The van der Waals surface area contributed by atoms with Gasteiger partial charge in [0, 0.05) is 22.6 Å². The maximum Gasteiger partial charge on any atom is 0.133 e. The fourth-order valence-corrected chi connectivity index (χ4v) is 3.06. The van der Waals surface area contributed by atoms with Crippen molar-refractivity contribution in [2.24, 2.45) is 0 Å². The Balaban J connectivity index is 2.05. The van der Waals surface area contributed by atoms with E-state index in [2.05, 4.69) is 23.4 Å². The first-order valence-corrected chi connectivity index (χ1v) is 7.36. The van der Waals surface area contributed by atoms with Gasteiger partial charge in [0.25, 0.3) is 0 Å². The minimum Gasteiger partial charge on any atom is -0.361 e. The van der Waals surface area contributed by atoms with Crippen LogP contribution in [0.2, 0.25) is 0 Å². The molecule has 0 aliphatic rings. The zero-order chi connectivity index (χ0) is 13.1. The maximum absolute atomic E-state index is 12.1. The summed E-state index contributed by atoms with van der Waals surface area (Å²) in [5, 5.41) is 3.87. The Kier molecular flexibility index (Phi) is 3.97. The molecule has 0 aliphatic carbocycles. The van der Waals surface area contributed by atoms with Gasteiger partial charge in [0.05, 0.1) is 11.4 Å². The van der Waals surface area contributed by atoms with E-state index in [0.29, 0.717) is 11.5 Å². The number of benzene rings is 1. The molecular weight excluding hydrogens is 246 g/mol. The highest BCUT2D eigenvalue weighted by Gasteiger charge is 2.09. The van der Waals surface area contributed by atoms with Crippen molar-refractivity contribution < 1.29 is 8.73 Å². The quantitative estimate of drug-likeness (QED) is 0.851. The third-order valence-electron chi connectivity index (χ3n) is 2.81. The Morgan fingerprint density at radius 3 is 2.61 bits per heavy atom. The molecule has 1 aromatic heterocycles. The first-order valence-electron chi connectivity index (χ1n) is 5.88. The monoisotopic (exact) mass is 263 g/mol. The lowest BCUT2D eigenvalue weighted by Gasteiger charge is -2.06. The van der Waals surface area contributed by atoms with Crippen molar-refractivity contribution in [1.82, 2.24) is 5.16 Å². The molecule has 0 amide bonds. The Bertz CT molecular complexity index is 575. The van der Waals surface area contributed by atoms with E-state index in [4.69, 9.17) is 4.52 Å². The van der Waals surface area contributed by atoms with Gasteiger partial charge in [0.2, 0.25) is 0 Å². The van der Waals surface area contributed by atoms with Gasteiger partial charge in [-0.3, -0.25) is 4.21 Å². The fourth-order valence-electron chi connectivity index (χ4n) is 1.83. The summed E-state index contributed by atoms with van der Waals surface area (Å²) in [6, 6.07) is 8.08. The van der Waals surface area contributed by atoms with Crippen LogP contribution in [0.25, 0.3) is 0 Å². The number of nitrogens with zero attached hydrogens (tertiary/aromatic N) is 1. The largest absolute Gasteiger partial charge is 0.361 e. The molecule has 1 atom stereocenters. The summed E-state index contributed by atoms with van der Waals surface area (Å²) in [6.07, 6.45) is 0. The van der Waals surface area contributed by atoms with Crippen LogP contribution in [0.1, 0.15) is 28.1 Å².